The minimum atomic E-state index is -2.72. The molecule has 2 N–H and O–H groups in total. The Morgan fingerprint density at radius 2 is 2.03 bits per heavy atom. The highest BCUT2D eigenvalue weighted by atomic mass is 19.3. The van der Waals surface area contributed by atoms with Crippen LogP contribution in [0, 0.1) is 5.92 Å². The number of hydrogen-bond acceptors (Lipinski definition) is 5. The third-order valence-electron chi connectivity index (χ3n) is 6.84. The third-order valence-corrected chi connectivity index (χ3v) is 6.84. The molecule has 6 rings (SSSR count). The summed E-state index contributed by atoms with van der Waals surface area (Å²) in [7, 11) is 0. The minimum absolute atomic E-state index is 0.0924. The summed E-state index contributed by atoms with van der Waals surface area (Å²) in [5.74, 6) is -1.59. The van der Waals surface area contributed by atoms with Gasteiger partial charge in [0.2, 0.25) is 0 Å². The Kier molecular flexibility index (Phi) is 5.09. The van der Waals surface area contributed by atoms with Crippen LogP contribution in [-0.4, -0.2) is 41.2 Å². The van der Waals surface area contributed by atoms with Crippen molar-refractivity contribution in [3.63, 3.8) is 0 Å². The van der Waals surface area contributed by atoms with Crippen LogP contribution in [0.25, 0.3) is 28.2 Å². The van der Waals surface area contributed by atoms with Gasteiger partial charge in [-0.1, -0.05) is 6.07 Å². The molecule has 0 spiro atoms. The van der Waals surface area contributed by atoms with Gasteiger partial charge >= 0.3 is 0 Å². The van der Waals surface area contributed by atoms with E-state index in [1.54, 1.807) is 12.3 Å². The van der Waals surface area contributed by atoms with E-state index in [-0.39, 0.29) is 13.0 Å². The van der Waals surface area contributed by atoms with E-state index < -0.39 is 12.0 Å². The molecule has 4 aromatic heterocycles. The average Bonchev–Trinajstić information content (AvgIpc) is 3.21. The Labute approximate surface area is 195 Å². The fourth-order valence-corrected chi connectivity index (χ4v) is 4.75. The predicted octanol–water partition coefficient (Wildman–Crippen LogP) is 4.76. The summed E-state index contributed by atoms with van der Waals surface area (Å²) in [5.41, 5.74) is 4.62. The number of aliphatic hydroxyl groups is 1. The largest absolute Gasteiger partial charge is 0.392 e. The Bertz CT molecular complexity index is 1340. The quantitative estimate of drug-likeness (QED) is 0.412. The Morgan fingerprint density at radius 1 is 1.15 bits per heavy atom. The highest BCUT2D eigenvalue weighted by Gasteiger charge is 2.43. The van der Waals surface area contributed by atoms with E-state index in [0.29, 0.717) is 35.9 Å². The molecule has 4 heterocycles. The van der Waals surface area contributed by atoms with Crippen LogP contribution in [0.15, 0.2) is 49.1 Å². The van der Waals surface area contributed by atoms with Crippen molar-refractivity contribution in [1.29, 1.82) is 0 Å². The van der Waals surface area contributed by atoms with Crippen molar-refractivity contribution in [2.45, 2.75) is 57.2 Å². The first kappa shape index (κ1) is 21.2. The van der Waals surface area contributed by atoms with Crippen molar-refractivity contribution in [1.82, 2.24) is 24.1 Å². The van der Waals surface area contributed by atoms with Gasteiger partial charge in [-0.2, -0.15) is 5.10 Å². The SMILES string of the molecule is OCc1cc2ncc(-c3cccc(NC4CCCC4(F)F)n3)n2cc1-c1cnn(CC2CC2)c1. The van der Waals surface area contributed by atoms with Crippen LogP contribution >= 0.6 is 0 Å². The van der Waals surface area contributed by atoms with Gasteiger partial charge < -0.3 is 10.4 Å². The number of rotatable bonds is 7. The first-order chi connectivity index (χ1) is 16.5. The zero-order valence-electron chi connectivity index (χ0n) is 18.7. The van der Waals surface area contributed by atoms with E-state index in [0.717, 1.165) is 28.9 Å². The maximum atomic E-state index is 14.1. The third kappa shape index (κ3) is 3.94. The Morgan fingerprint density at radius 3 is 2.79 bits per heavy atom. The second kappa shape index (κ2) is 8.16. The second-order valence-corrected chi connectivity index (χ2v) is 9.39. The number of aliphatic hydroxyl groups excluding tert-OH is 1. The van der Waals surface area contributed by atoms with Crippen LogP contribution in [0.3, 0.4) is 0 Å². The molecule has 1 atom stereocenters. The maximum absolute atomic E-state index is 14.1. The lowest BCUT2D eigenvalue weighted by Gasteiger charge is -2.21. The average molecular weight is 465 g/mol. The summed E-state index contributed by atoms with van der Waals surface area (Å²) in [6, 6.07) is 6.32. The number of hydrogen-bond donors (Lipinski definition) is 2. The van der Waals surface area contributed by atoms with Crippen molar-refractivity contribution >= 4 is 11.5 Å². The minimum Gasteiger partial charge on any atom is -0.392 e. The summed E-state index contributed by atoms with van der Waals surface area (Å²) in [4.78, 5) is 9.11. The maximum Gasteiger partial charge on any atom is 0.267 e. The molecular formula is C25H26F2N6O. The highest BCUT2D eigenvalue weighted by Crippen LogP contribution is 2.37. The van der Waals surface area contributed by atoms with Crippen molar-refractivity contribution in [2.75, 3.05) is 5.32 Å². The van der Waals surface area contributed by atoms with Gasteiger partial charge in [-0.15, -0.1) is 0 Å². The van der Waals surface area contributed by atoms with Gasteiger partial charge in [-0.25, -0.2) is 18.7 Å². The molecule has 2 aliphatic rings. The number of alkyl halides is 2. The van der Waals surface area contributed by atoms with E-state index in [9.17, 15) is 13.9 Å². The zero-order chi connectivity index (χ0) is 23.3. The summed E-state index contributed by atoms with van der Waals surface area (Å²) in [6.07, 6.45) is 10.8. The fourth-order valence-electron chi connectivity index (χ4n) is 4.75. The molecule has 9 heteroatoms. The molecule has 7 nitrogen and oxygen atoms in total. The number of nitrogens with zero attached hydrogens (tertiary/aromatic N) is 5. The summed E-state index contributed by atoms with van der Waals surface area (Å²) in [5, 5.41) is 17.4. The number of nitrogens with one attached hydrogen (secondary N) is 1. The smallest absolute Gasteiger partial charge is 0.267 e. The molecule has 1 unspecified atom stereocenters. The van der Waals surface area contributed by atoms with E-state index in [1.165, 1.54) is 12.8 Å². The first-order valence-electron chi connectivity index (χ1n) is 11.8. The fraction of sp³-hybridized carbons (Fsp3) is 0.400. The molecule has 0 amide bonds. The van der Waals surface area contributed by atoms with Crippen molar-refractivity contribution in [3.8, 4) is 22.5 Å². The molecule has 34 heavy (non-hydrogen) atoms. The monoisotopic (exact) mass is 464 g/mol. The first-order valence-corrected chi connectivity index (χ1v) is 11.8. The highest BCUT2D eigenvalue weighted by molar-refractivity contribution is 5.71. The molecular weight excluding hydrogens is 438 g/mol. The van der Waals surface area contributed by atoms with Crippen LogP contribution in [0.4, 0.5) is 14.6 Å². The number of halogens is 2. The Hall–Kier alpha value is -3.33. The van der Waals surface area contributed by atoms with E-state index in [4.69, 9.17) is 0 Å². The van der Waals surface area contributed by atoms with E-state index in [2.05, 4.69) is 20.4 Å². The summed E-state index contributed by atoms with van der Waals surface area (Å²) in [6.45, 7) is 0.797. The number of anilines is 1. The molecule has 0 radical (unpaired) electrons. The molecule has 176 valence electrons. The van der Waals surface area contributed by atoms with Gasteiger partial charge in [0.1, 0.15) is 11.5 Å². The molecule has 4 aromatic rings. The van der Waals surface area contributed by atoms with Crippen LogP contribution in [0.5, 0.6) is 0 Å². The molecule has 0 aromatic carbocycles. The number of aromatic nitrogens is 5. The van der Waals surface area contributed by atoms with Gasteiger partial charge in [0, 0.05) is 36.5 Å². The second-order valence-electron chi connectivity index (χ2n) is 9.39. The summed E-state index contributed by atoms with van der Waals surface area (Å²) < 4.78 is 32.1. The van der Waals surface area contributed by atoms with E-state index in [1.807, 2.05) is 45.9 Å². The topological polar surface area (TPSA) is 80.3 Å². The lowest BCUT2D eigenvalue weighted by Crippen LogP contribution is -2.34. The van der Waals surface area contributed by atoms with Gasteiger partial charge in [0.25, 0.3) is 5.92 Å². The molecule has 2 saturated carbocycles. The number of fused-ring (bicyclic) bond motifs is 1. The lowest BCUT2D eigenvalue weighted by atomic mass is 10.1. The molecule has 0 bridgehead atoms. The Balaban J connectivity index is 1.35. The number of imidazole rings is 1. The molecule has 0 saturated heterocycles. The molecule has 0 aliphatic heterocycles. The number of pyridine rings is 2. The van der Waals surface area contributed by atoms with Crippen LogP contribution in [0.1, 0.15) is 37.7 Å². The van der Waals surface area contributed by atoms with E-state index >= 15 is 0 Å². The van der Waals surface area contributed by atoms with Crippen molar-refractivity contribution < 1.29 is 13.9 Å². The normalized spacial score (nSPS) is 19.7. The van der Waals surface area contributed by atoms with Gasteiger partial charge in [0.05, 0.1) is 36.4 Å². The zero-order valence-corrected chi connectivity index (χ0v) is 18.7. The van der Waals surface area contributed by atoms with Crippen LogP contribution in [0.2, 0.25) is 0 Å². The summed E-state index contributed by atoms with van der Waals surface area (Å²) >= 11 is 0. The molecule has 2 fully saturated rings. The van der Waals surface area contributed by atoms with Gasteiger partial charge in [0.15, 0.2) is 0 Å². The van der Waals surface area contributed by atoms with Gasteiger partial charge in [-0.3, -0.25) is 9.08 Å². The van der Waals surface area contributed by atoms with Crippen molar-refractivity contribution in [3.05, 3.63) is 54.6 Å². The van der Waals surface area contributed by atoms with Crippen LogP contribution in [-0.2, 0) is 13.2 Å². The lowest BCUT2D eigenvalue weighted by molar-refractivity contribution is -0.000686. The van der Waals surface area contributed by atoms with Crippen LogP contribution < -0.4 is 5.32 Å². The van der Waals surface area contributed by atoms with Gasteiger partial charge in [-0.05, 0) is 55.4 Å². The standard InChI is InChI=1S/C25H26F2N6O/c26-25(27)8-2-4-22(25)31-23-5-1-3-20(30-23)21-11-28-24-9-17(15-34)19(14-33(21)24)18-10-29-32(13-18)12-16-6-7-16/h1,3,5,9-11,13-14,16,22,34H,2,4,6-8,12,15H2,(H,30,31). The molecule has 2 aliphatic carbocycles. The predicted molar refractivity (Wildman–Crippen MR) is 124 cm³/mol. The van der Waals surface area contributed by atoms with Crippen molar-refractivity contribution in [2.24, 2.45) is 5.92 Å².